The van der Waals surface area contributed by atoms with Crippen molar-refractivity contribution in [3.05, 3.63) is 69.9 Å². The number of aromatic nitrogens is 1. The molecule has 2 aromatic carbocycles. The monoisotopic (exact) mass is 478 g/mol. The fourth-order valence-corrected chi connectivity index (χ4v) is 5.91. The third kappa shape index (κ3) is 3.40. The fraction of sp³-hybridized carbons (Fsp3) is 0.333. The van der Waals surface area contributed by atoms with Gasteiger partial charge in [-0.15, -0.1) is 0 Å². The number of nitrogens with zero attached hydrogens (tertiary/aromatic N) is 2. The lowest BCUT2D eigenvalue weighted by molar-refractivity contribution is -0.141. The van der Waals surface area contributed by atoms with Crippen LogP contribution in [0, 0.1) is 6.92 Å². The van der Waals surface area contributed by atoms with E-state index in [2.05, 4.69) is 0 Å². The summed E-state index contributed by atoms with van der Waals surface area (Å²) in [6.45, 7) is 1.85. The Morgan fingerprint density at radius 3 is 2.56 bits per heavy atom. The molecule has 6 nitrogen and oxygen atoms in total. The molecule has 0 radical (unpaired) electrons. The van der Waals surface area contributed by atoms with Gasteiger partial charge >= 0.3 is 0 Å². The van der Waals surface area contributed by atoms with Crippen LogP contribution in [0.1, 0.15) is 48.4 Å². The number of benzene rings is 2. The highest BCUT2D eigenvalue weighted by Crippen LogP contribution is 2.47. The minimum atomic E-state index is -0.696. The molecule has 7 heteroatoms. The second kappa shape index (κ2) is 8.51. The summed E-state index contributed by atoms with van der Waals surface area (Å²) < 4.78 is 7.47. The first-order valence-corrected chi connectivity index (χ1v) is 11.9. The Kier molecular flexibility index (Phi) is 5.64. The van der Waals surface area contributed by atoms with Gasteiger partial charge in [0.1, 0.15) is 11.5 Å². The van der Waals surface area contributed by atoms with E-state index < -0.39 is 17.7 Å². The quantitative estimate of drug-likeness (QED) is 0.305. The molecule has 0 bridgehead atoms. The van der Waals surface area contributed by atoms with Crippen LogP contribution in [0.2, 0.25) is 5.02 Å². The summed E-state index contributed by atoms with van der Waals surface area (Å²) in [5.74, 6) is -1.24. The Labute approximate surface area is 203 Å². The number of aliphatic hydroxyl groups excluding tert-OH is 1. The molecule has 34 heavy (non-hydrogen) atoms. The molecule has 176 valence electrons. The number of Topliss-reactive ketones (excluding diaryl/α,β-unsaturated/α-hetero) is 1. The molecular weight excluding hydrogens is 452 g/mol. The van der Waals surface area contributed by atoms with E-state index in [4.69, 9.17) is 16.3 Å². The molecule has 1 atom stereocenters. The Morgan fingerprint density at radius 1 is 1.15 bits per heavy atom. The molecule has 1 saturated carbocycles. The standard InChI is InChI=1S/C27H27ClN2O4/c1-15-12-18(26(34-3)20(28)13-15)24(31)22-23(19-14-29(2)21-11-7-6-10-17(19)21)30(27(33)25(22)32)16-8-4-5-9-16/h6-7,10-14,16,23,31H,4-5,8-9H2,1-3H3/b24-22+. The number of hydrogen-bond donors (Lipinski definition) is 1. The van der Waals surface area contributed by atoms with Crippen LogP contribution in [0.3, 0.4) is 0 Å². The lowest BCUT2D eigenvalue weighted by atomic mass is 9.93. The number of carbonyl (C=O) groups excluding carboxylic acids is 2. The van der Waals surface area contributed by atoms with Crippen LogP contribution in [0.5, 0.6) is 5.75 Å². The highest BCUT2D eigenvalue weighted by Gasteiger charge is 2.50. The summed E-state index contributed by atoms with van der Waals surface area (Å²) in [6.07, 6.45) is 5.66. The van der Waals surface area contributed by atoms with E-state index in [1.165, 1.54) is 7.11 Å². The molecule has 2 fully saturated rings. The maximum Gasteiger partial charge on any atom is 0.295 e. The van der Waals surface area contributed by atoms with Crippen molar-refractivity contribution in [2.24, 2.45) is 7.05 Å². The van der Waals surface area contributed by atoms with Crippen molar-refractivity contribution in [3.8, 4) is 5.75 Å². The molecule has 5 rings (SSSR count). The molecule has 1 N–H and O–H groups in total. The van der Waals surface area contributed by atoms with Crippen molar-refractivity contribution in [2.75, 3.05) is 7.11 Å². The third-order valence-corrected chi connectivity index (χ3v) is 7.35. The zero-order chi connectivity index (χ0) is 24.1. The molecule has 2 heterocycles. The SMILES string of the molecule is COc1c(Cl)cc(C)cc1/C(O)=C1\C(=O)C(=O)N(C2CCCC2)C1c1cn(C)c2ccccc12. The average Bonchev–Trinajstić information content (AvgIpc) is 3.51. The molecule has 1 saturated heterocycles. The Hall–Kier alpha value is -3.25. The number of fused-ring (bicyclic) bond motifs is 1. The first kappa shape index (κ1) is 22.5. The van der Waals surface area contributed by atoms with Crippen molar-refractivity contribution in [1.82, 2.24) is 9.47 Å². The number of aliphatic hydroxyl groups is 1. The molecule has 3 aromatic rings. The van der Waals surface area contributed by atoms with Gasteiger partial charge in [-0.25, -0.2) is 0 Å². The molecule has 1 aliphatic heterocycles. The number of amides is 1. The molecule has 0 spiro atoms. The van der Waals surface area contributed by atoms with Crippen LogP contribution in [0.15, 0.2) is 48.2 Å². The van der Waals surface area contributed by atoms with Crippen LogP contribution >= 0.6 is 11.6 Å². The zero-order valence-corrected chi connectivity index (χ0v) is 20.2. The molecular formula is C27H27ClN2O4. The minimum Gasteiger partial charge on any atom is -0.507 e. The van der Waals surface area contributed by atoms with Crippen LogP contribution in [-0.2, 0) is 16.6 Å². The summed E-state index contributed by atoms with van der Waals surface area (Å²) >= 11 is 6.39. The fourth-order valence-electron chi connectivity index (χ4n) is 5.56. The lowest BCUT2D eigenvalue weighted by Crippen LogP contribution is -2.37. The van der Waals surface area contributed by atoms with E-state index in [-0.39, 0.29) is 23.1 Å². The average molecular weight is 479 g/mol. The van der Waals surface area contributed by atoms with Gasteiger partial charge < -0.3 is 19.3 Å². The number of likely N-dealkylation sites (tertiary alicyclic amines) is 1. The smallest absolute Gasteiger partial charge is 0.295 e. The van der Waals surface area contributed by atoms with Gasteiger partial charge in [-0.05, 0) is 43.5 Å². The molecule has 1 aliphatic carbocycles. The first-order valence-electron chi connectivity index (χ1n) is 11.5. The number of hydrogen-bond acceptors (Lipinski definition) is 4. The highest BCUT2D eigenvalue weighted by atomic mass is 35.5. The van der Waals surface area contributed by atoms with Crippen molar-refractivity contribution in [2.45, 2.75) is 44.7 Å². The normalized spacial score (nSPS) is 20.6. The number of para-hydroxylation sites is 1. The van der Waals surface area contributed by atoms with Gasteiger partial charge in [0, 0.05) is 35.8 Å². The predicted octanol–water partition coefficient (Wildman–Crippen LogP) is 5.51. The largest absolute Gasteiger partial charge is 0.507 e. The lowest BCUT2D eigenvalue weighted by Gasteiger charge is -2.30. The van der Waals surface area contributed by atoms with E-state index >= 15 is 0 Å². The zero-order valence-electron chi connectivity index (χ0n) is 19.5. The van der Waals surface area contributed by atoms with Gasteiger partial charge in [-0.1, -0.05) is 42.6 Å². The molecule has 1 aromatic heterocycles. The van der Waals surface area contributed by atoms with Gasteiger partial charge in [0.15, 0.2) is 0 Å². The molecule has 2 aliphatic rings. The second-order valence-corrected chi connectivity index (χ2v) is 9.59. The Bertz CT molecular complexity index is 1350. The van der Waals surface area contributed by atoms with E-state index in [0.29, 0.717) is 10.6 Å². The third-order valence-electron chi connectivity index (χ3n) is 7.07. The van der Waals surface area contributed by atoms with Gasteiger partial charge in [0.2, 0.25) is 0 Å². The number of ether oxygens (including phenoxy) is 1. The number of halogens is 1. The van der Waals surface area contributed by atoms with Gasteiger partial charge in [-0.2, -0.15) is 0 Å². The summed E-state index contributed by atoms with van der Waals surface area (Å²) in [6, 6.07) is 10.6. The van der Waals surface area contributed by atoms with Gasteiger partial charge in [0.25, 0.3) is 11.7 Å². The maximum atomic E-state index is 13.5. The number of methoxy groups -OCH3 is 1. The minimum absolute atomic E-state index is 0.0475. The van der Waals surface area contributed by atoms with Crippen molar-refractivity contribution < 1.29 is 19.4 Å². The van der Waals surface area contributed by atoms with E-state index in [0.717, 1.165) is 47.7 Å². The maximum absolute atomic E-state index is 13.5. The summed E-state index contributed by atoms with van der Waals surface area (Å²) in [5.41, 5.74) is 3.00. The Balaban J connectivity index is 1.80. The van der Waals surface area contributed by atoms with Crippen LogP contribution in [0.4, 0.5) is 0 Å². The van der Waals surface area contributed by atoms with Crippen molar-refractivity contribution >= 4 is 40.0 Å². The second-order valence-electron chi connectivity index (χ2n) is 9.18. The number of rotatable bonds is 4. The van der Waals surface area contributed by atoms with E-state index in [1.807, 2.05) is 49.0 Å². The summed E-state index contributed by atoms with van der Waals surface area (Å²) in [5, 5.41) is 12.8. The Morgan fingerprint density at radius 2 is 1.85 bits per heavy atom. The number of ketones is 1. The predicted molar refractivity (Wildman–Crippen MR) is 132 cm³/mol. The number of carbonyl (C=O) groups is 2. The van der Waals surface area contributed by atoms with Crippen LogP contribution in [0.25, 0.3) is 16.7 Å². The first-order chi connectivity index (χ1) is 16.3. The molecule has 1 amide bonds. The van der Waals surface area contributed by atoms with E-state index in [1.54, 1.807) is 17.0 Å². The topological polar surface area (TPSA) is 71.8 Å². The van der Waals surface area contributed by atoms with Crippen molar-refractivity contribution in [1.29, 1.82) is 0 Å². The van der Waals surface area contributed by atoms with Gasteiger partial charge in [0.05, 0.1) is 29.3 Å². The summed E-state index contributed by atoms with van der Waals surface area (Å²) in [7, 11) is 3.41. The highest BCUT2D eigenvalue weighted by molar-refractivity contribution is 6.47. The van der Waals surface area contributed by atoms with E-state index in [9.17, 15) is 14.7 Å². The molecule has 1 unspecified atom stereocenters. The van der Waals surface area contributed by atoms with Crippen LogP contribution < -0.4 is 4.74 Å². The number of aryl methyl sites for hydroxylation is 2. The van der Waals surface area contributed by atoms with Crippen LogP contribution in [-0.4, -0.2) is 39.4 Å². The van der Waals surface area contributed by atoms with Crippen molar-refractivity contribution in [3.63, 3.8) is 0 Å². The summed E-state index contributed by atoms with van der Waals surface area (Å²) in [4.78, 5) is 28.6. The van der Waals surface area contributed by atoms with Gasteiger partial charge in [-0.3, -0.25) is 9.59 Å².